The smallest absolute Gasteiger partial charge is 0.128 e. The van der Waals surface area contributed by atoms with Crippen molar-refractivity contribution in [1.82, 2.24) is 14.9 Å². The van der Waals surface area contributed by atoms with Crippen molar-refractivity contribution < 1.29 is 0 Å². The van der Waals surface area contributed by atoms with Crippen molar-refractivity contribution in [3.05, 3.63) is 17.2 Å². The molecule has 0 aliphatic heterocycles. The van der Waals surface area contributed by atoms with E-state index in [9.17, 15) is 0 Å². The number of nitrogens with one attached hydrogen (secondary N) is 1. The van der Waals surface area contributed by atoms with Crippen LogP contribution in [-0.4, -0.2) is 15.6 Å². The summed E-state index contributed by atoms with van der Waals surface area (Å²) in [5, 5.41) is 4.25. The standard InChI is InChI=1S/C12H20ClN3/c1-11(2)10(12(11,3)4)15-7-9-14-6-8(13)16(9)5/h6,10,15H,7H2,1-5H3. The molecule has 4 heteroatoms. The third-order valence-electron chi connectivity index (χ3n) is 4.51. The van der Waals surface area contributed by atoms with E-state index >= 15 is 0 Å². The van der Waals surface area contributed by atoms with Crippen LogP contribution in [0, 0.1) is 10.8 Å². The van der Waals surface area contributed by atoms with Gasteiger partial charge in [0.1, 0.15) is 11.0 Å². The second-order valence-corrected chi connectivity index (χ2v) is 6.20. The number of aromatic nitrogens is 2. The number of hydrogen-bond acceptors (Lipinski definition) is 2. The van der Waals surface area contributed by atoms with Crippen LogP contribution in [0.4, 0.5) is 0 Å². The Labute approximate surface area is 102 Å². The first-order valence-electron chi connectivity index (χ1n) is 5.68. The predicted molar refractivity (Wildman–Crippen MR) is 66.4 cm³/mol. The van der Waals surface area contributed by atoms with Gasteiger partial charge < -0.3 is 9.88 Å². The summed E-state index contributed by atoms with van der Waals surface area (Å²) in [7, 11) is 1.94. The normalized spacial score (nSPS) is 22.4. The fourth-order valence-corrected chi connectivity index (χ4v) is 2.63. The Morgan fingerprint density at radius 2 is 1.94 bits per heavy atom. The van der Waals surface area contributed by atoms with Gasteiger partial charge in [-0.25, -0.2) is 4.98 Å². The zero-order chi connectivity index (χ0) is 12.1. The number of hydrogen-bond donors (Lipinski definition) is 1. The van der Waals surface area contributed by atoms with Crippen LogP contribution < -0.4 is 5.32 Å². The third-order valence-corrected chi connectivity index (χ3v) is 4.86. The van der Waals surface area contributed by atoms with Crippen molar-refractivity contribution in [2.24, 2.45) is 17.9 Å². The van der Waals surface area contributed by atoms with Gasteiger partial charge in [0.05, 0.1) is 12.7 Å². The van der Waals surface area contributed by atoms with E-state index in [0.29, 0.717) is 22.0 Å². The highest BCUT2D eigenvalue weighted by atomic mass is 35.5. The quantitative estimate of drug-likeness (QED) is 0.882. The molecular weight excluding hydrogens is 222 g/mol. The maximum atomic E-state index is 5.95. The van der Waals surface area contributed by atoms with E-state index in [4.69, 9.17) is 11.6 Å². The van der Waals surface area contributed by atoms with Gasteiger partial charge in [0.2, 0.25) is 0 Å². The van der Waals surface area contributed by atoms with Gasteiger partial charge in [0, 0.05) is 13.1 Å². The van der Waals surface area contributed by atoms with Crippen molar-refractivity contribution in [1.29, 1.82) is 0 Å². The molecule has 1 fully saturated rings. The molecule has 3 nitrogen and oxygen atoms in total. The van der Waals surface area contributed by atoms with Gasteiger partial charge in [0.25, 0.3) is 0 Å². The Balaban J connectivity index is 1.98. The average molecular weight is 242 g/mol. The second-order valence-electron chi connectivity index (χ2n) is 5.81. The summed E-state index contributed by atoms with van der Waals surface area (Å²) in [5.74, 6) is 0.989. The van der Waals surface area contributed by atoms with Crippen molar-refractivity contribution in [2.75, 3.05) is 0 Å². The number of rotatable bonds is 3. The lowest BCUT2D eigenvalue weighted by atomic mass is 10.0. The molecule has 1 aliphatic carbocycles. The zero-order valence-electron chi connectivity index (χ0n) is 10.6. The predicted octanol–water partition coefficient (Wildman–Crippen LogP) is 2.60. The van der Waals surface area contributed by atoms with E-state index in [1.54, 1.807) is 6.20 Å². The molecule has 0 spiro atoms. The highest BCUT2D eigenvalue weighted by Gasteiger charge is 2.64. The molecular formula is C12H20ClN3. The first kappa shape index (κ1) is 11.9. The molecule has 1 saturated carbocycles. The number of halogens is 1. The molecule has 0 atom stereocenters. The molecule has 0 radical (unpaired) electrons. The average Bonchev–Trinajstić information content (AvgIpc) is 2.43. The largest absolute Gasteiger partial charge is 0.321 e. The topological polar surface area (TPSA) is 29.9 Å². The monoisotopic (exact) mass is 241 g/mol. The van der Waals surface area contributed by atoms with Gasteiger partial charge in [-0.3, -0.25) is 0 Å². The van der Waals surface area contributed by atoms with E-state index < -0.39 is 0 Å². The van der Waals surface area contributed by atoms with Gasteiger partial charge in [-0.05, 0) is 10.8 Å². The minimum absolute atomic E-state index is 0.363. The molecule has 0 bridgehead atoms. The highest BCUT2D eigenvalue weighted by molar-refractivity contribution is 6.29. The van der Waals surface area contributed by atoms with Gasteiger partial charge in [-0.1, -0.05) is 39.3 Å². The van der Waals surface area contributed by atoms with E-state index in [1.165, 1.54) is 0 Å². The summed E-state index contributed by atoms with van der Waals surface area (Å²) in [6.07, 6.45) is 1.70. The summed E-state index contributed by atoms with van der Waals surface area (Å²) in [6, 6.07) is 0.551. The summed E-state index contributed by atoms with van der Waals surface area (Å²) in [6.45, 7) is 9.99. The molecule has 1 aromatic heterocycles. The van der Waals surface area contributed by atoms with Crippen LogP contribution in [0.5, 0.6) is 0 Å². The van der Waals surface area contributed by atoms with E-state index in [-0.39, 0.29) is 0 Å². The molecule has 1 aromatic rings. The van der Waals surface area contributed by atoms with Gasteiger partial charge in [0.15, 0.2) is 0 Å². The summed E-state index contributed by atoms with van der Waals surface area (Å²) in [4.78, 5) is 4.28. The lowest BCUT2D eigenvalue weighted by Gasteiger charge is -2.06. The van der Waals surface area contributed by atoms with E-state index in [2.05, 4.69) is 38.0 Å². The fraction of sp³-hybridized carbons (Fsp3) is 0.750. The minimum Gasteiger partial charge on any atom is -0.321 e. The molecule has 0 saturated heterocycles. The van der Waals surface area contributed by atoms with Gasteiger partial charge in [-0.2, -0.15) is 0 Å². The molecule has 90 valence electrons. The molecule has 1 heterocycles. The van der Waals surface area contributed by atoms with Crippen LogP contribution in [0.15, 0.2) is 6.20 Å². The Hall–Kier alpha value is -0.540. The number of imidazole rings is 1. The minimum atomic E-state index is 0.363. The van der Waals surface area contributed by atoms with Crippen LogP contribution in [-0.2, 0) is 13.6 Å². The summed E-state index contributed by atoms with van der Waals surface area (Å²) < 4.78 is 1.91. The second kappa shape index (κ2) is 3.47. The molecule has 1 N–H and O–H groups in total. The van der Waals surface area contributed by atoms with E-state index in [0.717, 1.165) is 12.4 Å². The lowest BCUT2D eigenvalue weighted by Crippen LogP contribution is -2.23. The van der Waals surface area contributed by atoms with Crippen LogP contribution in [0.25, 0.3) is 0 Å². The van der Waals surface area contributed by atoms with Gasteiger partial charge >= 0.3 is 0 Å². The van der Waals surface area contributed by atoms with Gasteiger partial charge in [-0.15, -0.1) is 0 Å². The number of nitrogens with zero attached hydrogens (tertiary/aromatic N) is 2. The summed E-state index contributed by atoms with van der Waals surface area (Å²) >= 11 is 5.95. The molecule has 0 unspecified atom stereocenters. The molecule has 2 rings (SSSR count). The van der Waals surface area contributed by atoms with Crippen LogP contribution in [0.2, 0.25) is 5.15 Å². The molecule has 0 amide bonds. The molecule has 0 aromatic carbocycles. The van der Waals surface area contributed by atoms with Crippen molar-refractivity contribution >= 4 is 11.6 Å². The Morgan fingerprint density at radius 1 is 1.38 bits per heavy atom. The van der Waals surface area contributed by atoms with Crippen molar-refractivity contribution in [2.45, 2.75) is 40.3 Å². The van der Waals surface area contributed by atoms with Crippen molar-refractivity contribution in [3.8, 4) is 0 Å². The van der Waals surface area contributed by atoms with Crippen LogP contribution >= 0.6 is 11.6 Å². The Kier molecular flexibility index (Phi) is 2.59. The van der Waals surface area contributed by atoms with Crippen molar-refractivity contribution in [3.63, 3.8) is 0 Å². The van der Waals surface area contributed by atoms with Crippen LogP contribution in [0.3, 0.4) is 0 Å². The summed E-state index contributed by atoms with van der Waals surface area (Å²) in [5.41, 5.74) is 0.726. The fourth-order valence-electron chi connectivity index (χ4n) is 2.49. The lowest BCUT2D eigenvalue weighted by molar-refractivity contribution is 0.457. The first-order valence-corrected chi connectivity index (χ1v) is 6.05. The maximum absolute atomic E-state index is 5.95. The molecule has 1 aliphatic rings. The SMILES string of the molecule is Cn1c(Cl)cnc1CNC1C(C)(C)C1(C)C. The zero-order valence-corrected chi connectivity index (χ0v) is 11.4. The first-order chi connectivity index (χ1) is 7.28. The van der Waals surface area contributed by atoms with Crippen LogP contribution in [0.1, 0.15) is 33.5 Å². The molecule has 16 heavy (non-hydrogen) atoms. The Morgan fingerprint density at radius 3 is 2.31 bits per heavy atom. The Bertz CT molecular complexity index is 392. The highest BCUT2D eigenvalue weighted by Crippen LogP contribution is 2.62. The maximum Gasteiger partial charge on any atom is 0.128 e. The third kappa shape index (κ3) is 1.57. The van der Waals surface area contributed by atoms with E-state index in [1.807, 2.05) is 11.6 Å².